The third kappa shape index (κ3) is 19.9. The van der Waals surface area contributed by atoms with Crippen LogP contribution in [0.5, 0.6) is 0 Å². The van der Waals surface area contributed by atoms with E-state index in [2.05, 4.69) is 55.5 Å². The van der Waals surface area contributed by atoms with Crippen LogP contribution >= 0.6 is 0 Å². The van der Waals surface area contributed by atoms with Gasteiger partial charge < -0.3 is 5.11 Å². The number of aliphatic carboxylic acids is 1. The second-order valence-electron chi connectivity index (χ2n) is 5.42. The molecule has 0 fully saturated rings. The summed E-state index contributed by atoms with van der Waals surface area (Å²) in [5.41, 5.74) is 0. The molecule has 0 saturated heterocycles. The van der Waals surface area contributed by atoms with Crippen LogP contribution in [0.4, 0.5) is 0 Å². The zero-order valence-electron chi connectivity index (χ0n) is 14.9. The summed E-state index contributed by atoms with van der Waals surface area (Å²) in [5, 5.41) is 8.42. The summed E-state index contributed by atoms with van der Waals surface area (Å²) in [6, 6.07) is 0. The molecule has 24 heavy (non-hydrogen) atoms. The third-order valence-corrected chi connectivity index (χ3v) is 3.18. The summed E-state index contributed by atoms with van der Waals surface area (Å²) < 4.78 is 0. The minimum absolute atomic E-state index is 0.667. The highest BCUT2D eigenvalue weighted by molar-refractivity contribution is 5.79. The number of carbonyl (C=O) groups is 1. The predicted molar refractivity (Wildman–Crippen MR) is 105 cm³/mol. The summed E-state index contributed by atoms with van der Waals surface area (Å²) in [4.78, 5) is 10.2. The van der Waals surface area contributed by atoms with Crippen molar-refractivity contribution in [1.82, 2.24) is 0 Å². The Labute approximate surface area is 147 Å². The molecule has 0 atom stereocenters. The van der Waals surface area contributed by atoms with E-state index in [1.807, 2.05) is 12.2 Å². The lowest BCUT2D eigenvalue weighted by molar-refractivity contribution is -0.131. The van der Waals surface area contributed by atoms with E-state index in [0.29, 0.717) is 6.42 Å². The first-order valence-electron chi connectivity index (χ1n) is 8.91. The lowest BCUT2D eigenvalue weighted by atomic mass is 10.2. The minimum Gasteiger partial charge on any atom is -0.478 e. The van der Waals surface area contributed by atoms with Crippen molar-refractivity contribution in [3.05, 3.63) is 72.9 Å². The van der Waals surface area contributed by atoms with E-state index in [9.17, 15) is 4.79 Å². The van der Waals surface area contributed by atoms with Crippen LogP contribution in [0.2, 0.25) is 0 Å². The normalized spacial score (nSPS) is 13.0. The Hall–Kier alpha value is -2.09. The van der Waals surface area contributed by atoms with Crippen molar-refractivity contribution in [3.8, 4) is 0 Å². The predicted octanol–water partition coefficient (Wildman–Crippen LogP) is 6.55. The molecule has 0 aromatic rings. The van der Waals surface area contributed by atoms with Gasteiger partial charge in [-0.05, 0) is 38.5 Å². The molecule has 0 spiro atoms. The van der Waals surface area contributed by atoms with Crippen LogP contribution in [0.3, 0.4) is 0 Å². The van der Waals surface area contributed by atoms with E-state index in [1.54, 1.807) is 6.08 Å². The lowest BCUT2D eigenvalue weighted by Gasteiger charge is -1.87. The van der Waals surface area contributed by atoms with Crippen molar-refractivity contribution in [1.29, 1.82) is 0 Å². The highest BCUT2D eigenvalue weighted by Gasteiger charge is 1.81. The van der Waals surface area contributed by atoms with Gasteiger partial charge in [-0.3, -0.25) is 0 Å². The maximum Gasteiger partial charge on any atom is 0.327 e. The third-order valence-electron chi connectivity index (χ3n) is 3.18. The molecule has 0 aromatic carbocycles. The Balaban J connectivity index is 3.52. The molecule has 0 saturated carbocycles. The molecule has 0 aliphatic heterocycles. The van der Waals surface area contributed by atoms with Crippen LogP contribution in [0.1, 0.15) is 58.3 Å². The number of rotatable bonds is 14. The fourth-order valence-electron chi connectivity index (χ4n) is 1.87. The van der Waals surface area contributed by atoms with E-state index in [0.717, 1.165) is 25.7 Å². The molecule has 0 radical (unpaired) electrons. The van der Waals surface area contributed by atoms with Gasteiger partial charge in [-0.1, -0.05) is 86.6 Å². The topological polar surface area (TPSA) is 37.3 Å². The summed E-state index contributed by atoms with van der Waals surface area (Å²) in [6.45, 7) is 2.22. The number of carboxylic acids is 1. The first kappa shape index (κ1) is 21.9. The standard InChI is InChI=1S/C22H32O2/c1-2-3-4-5-6-7-8-9-10-11-12-13-14-15-16-17-18-19-20-21-22(23)24/h5-6,8-9,11-12,14-15,17-18,20-21H,2-4,7,10,13,16,19H2,1H3,(H,23,24). The summed E-state index contributed by atoms with van der Waals surface area (Å²) in [5.74, 6) is -0.895. The lowest BCUT2D eigenvalue weighted by Crippen LogP contribution is -1.84. The summed E-state index contributed by atoms with van der Waals surface area (Å²) in [7, 11) is 0. The zero-order valence-corrected chi connectivity index (χ0v) is 14.9. The minimum atomic E-state index is -0.895. The van der Waals surface area contributed by atoms with Crippen LogP contribution in [-0.2, 0) is 4.79 Å². The molecule has 0 aromatic heterocycles. The van der Waals surface area contributed by atoms with Crippen molar-refractivity contribution in [2.24, 2.45) is 0 Å². The van der Waals surface area contributed by atoms with E-state index in [-0.39, 0.29) is 0 Å². The van der Waals surface area contributed by atoms with Crippen LogP contribution in [0.25, 0.3) is 0 Å². The van der Waals surface area contributed by atoms with Crippen molar-refractivity contribution >= 4 is 5.97 Å². The van der Waals surface area contributed by atoms with E-state index in [4.69, 9.17) is 5.11 Å². The highest BCUT2D eigenvalue weighted by atomic mass is 16.4. The molecule has 0 aliphatic rings. The average Bonchev–Trinajstić information content (AvgIpc) is 2.56. The molecule has 0 bridgehead atoms. The van der Waals surface area contributed by atoms with E-state index in [1.165, 1.54) is 25.3 Å². The molecule has 132 valence electrons. The molecular formula is C22H32O2. The Kier molecular flexibility index (Phi) is 17.3. The average molecular weight is 328 g/mol. The van der Waals surface area contributed by atoms with E-state index >= 15 is 0 Å². The van der Waals surface area contributed by atoms with Gasteiger partial charge in [-0.15, -0.1) is 0 Å². The van der Waals surface area contributed by atoms with Crippen LogP contribution < -0.4 is 0 Å². The Morgan fingerprint density at radius 1 is 0.667 bits per heavy atom. The zero-order chi connectivity index (χ0) is 17.7. The molecule has 0 amide bonds. The van der Waals surface area contributed by atoms with Gasteiger partial charge in [0.25, 0.3) is 0 Å². The van der Waals surface area contributed by atoms with Crippen LogP contribution in [0.15, 0.2) is 72.9 Å². The Morgan fingerprint density at radius 3 is 1.42 bits per heavy atom. The van der Waals surface area contributed by atoms with Crippen molar-refractivity contribution in [2.75, 3.05) is 0 Å². The number of hydrogen-bond donors (Lipinski definition) is 1. The van der Waals surface area contributed by atoms with Gasteiger partial charge in [0.2, 0.25) is 0 Å². The van der Waals surface area contributed by atoms with Crippen molar-refractivity contribution < 1.29 is 9.90 Å². The molecule has 0 heterocycles. The number of unbranched alkanes of at least 4 members (excludes halogenated alkanes) is 2. The smallest absolute Gasteiger partial charge is 0.327 e. The number of hydrogen-bond acceptors (Lipinski definition) is 1. The van der Waals surface area contributed by atoms with Gasteiger partial charge in [-0.2, -0.15) is 0 Å². The van der Waals surface area contributed by atoms with Crippen molar-refractivity contribution in [3.63, 3.8) is 0 Å². The van der Waals surface area contributed by atoms with Gasteiger partial charge in [0, 0.05) is 6.08 Å². The highest BCUT2D eigenvalue weighted by Crippen LogP contribution is 1.98. The van der Waals surface area contributed by atoms with Crippen LogP contribution in [-0.4, -0.2) is 11.1 Å². The monoisotopic (exact) mass is 328 g/mol. The molecule has 1 N–H and O–H groups in total. The van der Waals surface area contributed by atoms with Gasteiger partial charge in [-0.25, -0.2) is 4.79 Å². The Morgan fingerprint density at radius 2 is 1.04 bits per heavy atom. The molecule has 2 heteroatoms. The molecular weight excluding hydrogens is 296 g/mol. The largest absolute Gasteiger partial charge is 0.478 e. The quantitative estimate of drug-likeness (QED) is 0.223. The molecule has 0 unspecified atom stereocenters. The summed E-state index contributed by atoms with van der Waals surface area (Å²) in [6.07, 6.45) is 32.7. The first-order valence-corrected chi connectivity index (χ1v) is 8.91. The van der Waals surface area contributed by atoms with E-state index < -0.39 is 5.97 Å². The maximum absolute atomic E-state index is 10.2. The fraction of sp³-hybridized carbons (Fsp3) is 0.409. The van der Waals surface area contributed by atoms with Crippen molar-refractivity contribution in [2.45, 2.75) is 58.3 Å². The second-order valence-corrected chi connectivity index (χ2v) is 5.42. The summed E-state index contributed by atoms with van der Waals surface area (Å²) >= 11 is 0. The van der Waals surface area contributed by atoms with Gasteiger partial charge >= 0.3 is 5.97 Å². The molecule has 2 nitrogen and oxygen atoms in total. The fourth-order valence-corrected chi connectivity index (χ4v) is 1.87. The second kappa shape index (κ2) is 19.0. The van der Waals surface area contributed by atoms with Gasteiger partial charge in [0.1, 0.15) is 0 Å². The molecule has 0 aliphatic carbocycles. The number of carboxylic acid groups (broad SMARTS) is 1. The first-order chi connectivity index (χ1) is 11.8. The number of allylic oxidation sites excluding steroid dienone is 11. The van der Waals surface area contributed by atoms with Gasteiger partial charge in [0.15, 0.2) is 0 Å². The maximum atomic E-state index is 10.2. The van der Waals surface area contributed by atoms with Crippen LogP contribution in [0, 0.1) is 0 Å². The van der Waals surface area contributed by atoms with Gasteiger partial charge in [0.05, 0.1) is 0 Å². The SMILES string of the molecule is CCCCC=CCC=CCC=CCC=CCC=CCC=CC(=O)O. The molecule has 0 rings (SSSR count). The Bertz CT molecular complexity index is 462.